The number of fused-ring (bicyclic) bond motifs is 2. The van der Waals surface area contributed by atoms with Crippen molar-refractivity contribution in [3.05, 3.63) is 0 Å². The summed E-state index contributed by atoms with van der Waals surface area (Å²) in [5.41, 5.74) is 5.74. The van der Waals surface area contributed by atoms with E-state index in [9.17, 15) is 8.42 Å². The Bertz CT molecular complexity index is 417. The maximum atomic E-state index is 12.7. The molecule has 3 fully saturated rings. The van der Waals surface area contributed by atoms with Crippen molar-refractivity contribution in [1.82, 2.24) is 8.61 Å². The molecule has 0 aromatic heterocycles. The molecule has 0 amide bonds. The summed E-state index contributed by atoms with van der Waals surface area (Å²) in [6, 6.07) is 0.281. The highest BCUT2D eigenvalue weighted by atomic mass is 35.5. The number of hydrogen-bond acceptors (Lipinski definition) is 3. The van der Waals surface area contributed by atoms with Crippen molar-refractivity contribution < 1.29 is 8.42 Å². The highest BCUT2D eigenvalue weighted by molar-refractivity contribution is 7.86. The molecule has 2 aliphatic heterocycles. The van der Waals surface area contributed by atoms with Gasteiger partial charge in [0, 0.05) is 31.7 Å². The summed E-state index contributed by atoms with van der Waals surface area (Å²) in [6.07, 6.45) is 6.30. The minimum Gasteiger partial charge on any atom is -0.329 e. The summed E-state index contributed by atoms with van der Waals surface area (Å²) in [4.78, 5) is 0. The predicted octanol–water partition coefficient (Wildman–Crippen LogP) is 0.951. The highest BCUT2D eigenvalue weighted by Crippen LogP contribution is 2.40. The lowest BCUT2D eigenvalue weighted by Gasteiger charge is -2.38. The molecule has 0 aromatic carbocycles. The average molecular weight is 310 g/mol. The fraction of sp³-hybridized carbons (Fsp3) is 1.00. The first-order valence-corrected chi connectivity index (χ1v) is 8.51. The Hall–Kier alpha value is 0.120. The van der Waals surface area contributed by atoms with Crippen LogP contribution in [0.15, 0.2) is 0 Å². The van der Waals surface area contributed by atoms with Gasteiger partial charge in [0.1, 0.15) is 0 Å². The van der Waals surface area contributed by atoms with E-state index in [1.54, 1.807) is 8.61 Å². The van der Waals surface area contributed by atoms with E-state index in [2.05, 4.69) is 0 Å². The van der Waals surface area contributed by atoms with Gasteiger partial charge in [-0.15, -0.1) is 12.4 Å². The van der Waals surface area contributed by atoms with Gasteiger partial charge in [0.15, 0.2) is 0 Å². The van der Waals surface area contributed by atoms with Crippen LogP contribution in [0.1, 0.15) is 38.5 Å². The summed E-state index contributed by atoms with van der Waals surface area (Å²) in [7, 11) is -3.27. The van der Waals surface area contributed by atoms with Crippen LogP contribution in [0.5, 0.6) is 0 Å². The molecule has 19 heavy (non-hydrogen) atoms. The molecule has 2 saturated heterocycles. The van der Waals surface area contributed by atoms with Crippen LogP contribution in [-0.4, -0.2) is 48.7 Å². The molecule has 0 aromatic rings. The number of halogens is 1. The summed E-state index contributed by atoms with van der Waals surface area (Å²) in [5, 5.41) is 0. The molecule has 5 nitrogen and oxygen atoms in total. The monoisotopic (exact) mass is 309 g/mol. The van der Waals surface area contributed by atoms with E-state index in [4.69, 9.17) is 5.73 Å². The third kappa shape index (κ3) is 2.65. The Balaban J connectivity index is 0.00000133. The smallest absolute Gasteiger partial charge is 0.282 e. The molecule has 0 spiro atoms. The molecule has 3 aliphatic rings. The van der Waals surface area contributed by atoms with Crippen molar-refractivity contribution in [2.24, 2.45) is 11.7 Å². The van der Waals surface area contributed by atoms with Crippen molar-refractivity contribution in [2.45, 2.75) is 50.6 Å². The van der Waals surface area contributed by atoms with Gasteiger partial charge in [-0.25, -0.2) is 0 Å². The SMILES string of the molecule is Cl.NCC1CCCCN1S(=O)(=O)N1CC2CCC1C2. The quantitative estimate of drug-likeness (QED) is 0.844. The number of hydrogen-bond donors (Lipinski definition) is 1. The Morgan fingerprint density at radius 1 is 1.11 bits per heavy atom. The van der Waals surface area contributed by atoms with Gasteiger partial charge in [-0.2, -0.15) is 17.0 Å². The molecule has 112 valence electrons. The largest absolute Gasteiger partial charge is 0.329 e. The molecule has 7 heteroatoms. The van der Waals surface area contributed by atoms with Crippen molar-refractivity contribution in [3.63, 3.8) is 0 Å². The van der Waals surface area contributed by atoms with Crippen molar-refractivity contribution in [1.29, 1.82) is 0 Å². The standard InChI is InChI=1S/C12H23N3O2S.ClH/c13-8-12-3-1-2-6-14(12)18(16,17)15-9-10-4-5-11(15)7-10;/h10-12H,1-9,13H2;1H. The van der Waals surface area contributed by atoms with Crippen LogP contribution in [-0.2, 0) is 10.2 Å². The van der Waals surface area contributed by atoms with Gasteiger partial charge in [-0.3, -0.25) is 0 Å². The lowest BCUT2D eigenvalue weighted by Crippen LogP contribution is -2.54. The van der Waals surface area contributed by atoms with Gasteiger partial charge >= 0.3 is 0 Å². The molecule has 3 atom stereocenters. The minimum absolute atomic E-state index is 0. The zero-order chi connectivity index (χ0) is 12.8. The van der Waals surface area contributed by atoms with Gasteiger partial charge in [-0.05, 0) is 38.0 Å². The van der Waals surface area contributed by atoms with E-state index < -0.39 is 10.2 Å². The fourth-order valence-corrected chi connectivity index (χ4v) is 5.98. The van der Waals surface area contributed by atoms with Gasteiger partial charge in [-0.1, -0.05) is 6.42 Å². The van der Waals surface area contributed by atoms with E-state index in [0.29, 0.717) is 19.0 Å². The normalized spacial score (nSPS) is 36.4. The topological polar surface area (TPSA) is 66.6 Å². The van der Waals surface area contributed by atoms with Gasteiger partial charge in [0.05, 0.1) is 0 Å². The zero-order valence-corrected chi connectivity index (χ0v) is 12.8. The maximum Gasteiger partial charge on any atom is 0.282 e. The first kappa shape index (κ1) is 15.5. The van der Waals surface area contributed by atoms with E-state index in [-0.39, 0.29) is 24.5 Å². The second-order valence-corrected chi connectivity index (χ2v) is 7.74. The Morgan fingerprint density at radius 2 is 1.89 bits per heavy atom. The van der Waals surface area contributed by atoms with Crippen LogP contribution in [0.2, 0.25) is 0 Å². The van der Waals surface area contributed by atoms with Crippen molar-refractivity contribution >= 4 is 22.6 Å². The molecule has 2 bridgehead atoms. The van der Waals surface area contributed by atoms with Gasteiger partial charge in [0.2, 0.25) is 0 Å². The van der Waals surface area contributed by atoms with E-state index >= 15 is 0 Å². The fourth-order valence-electron chi connectivity index (χ4n) is 3.81. The Kier molecular flexibility index (Phi) is 4.78. The van der Waals surface area contributed by atoms with Gasteiger partial charge < -0.3 is 5.73 Å². The molecular weight excluding hydrogens is 286 g/mol. The molecule has 2 heterocycles. The van der Waals surface area contributed by atoms with E-state index in [1.807, 2.05) is 0 Å². The summed E-state index contributed by atoms with van der Waals surface area (Å²) in [5.74, 6) is 0.603. The first-order valence-electron chi connectivity index (χ1n) is 7.11. The van der Waals surface area contributed by atoms with Crippen LogP contribution in [0.25, 0.3) is 0 Å². The Labute approximate surface area is 122 Å². The second-order valence-electron chi connectivity index (χ2n) is 5.91. The molecule has 1 saturated carbocycles. The molecule has 3 unspecified atom stereocenters. The molecule has 0 radical (unpaired) electrons. The van der Waals surface area contributed by atoms with Gasteiger partial charge in [0.25, 0.3) is 10.2 Å². The molecule has 3 rings (SSSR count). The third-order valence-corrected chi connectivity index (χ3v) is 6.91. The van der Waals surface area contributed by atoms with Crippen LogP contribution in [0, 0.1) is 5.92 Å². The lowest BCUT2D eigenvalue weighted by atomic mass is 10.1. The lowest BCUT2D eigenvalue weighted by molar-refractivity contribution is 0.224. The summed E-state index contributed by atoms with van der Waals surface area (Å²) < 4.78 is 28.9. The van der Waals surface area contributed by atoms with Crippen molar-refractivity contribution in [3.8, 4) is 0 Å². The number of nitrogens with zero attached hydrogens (tertiary/aromatic N) is 2. The van der Waals surface area contributed by atoms with Crippen LogP contribution < -0.4 is 5.73 Å². The number of piperidine rings is 2. The minimum atomic E-state index is -3.27. The third-order valence-electron chi connectivity index (χ3n) is 4.80. The predicted molar refractivity (Wildman–Crippen MR) is 77.4 cm³/mol. The maximum absolute atomic E-state index is 12.7. The number of rotatable bonds is 3. The zero-order valence-electron chi connectivity index (χ0n) is 11.2. The van der Waals surface area contributed by atoms with Crippen LogP contribution in [0.3, 0.4) is 0 Å². The second kappa shape index (κ2) is 5.85. The average Bonchev–Trinajstić information content (AvgIpc) is 3.01. The highest BCUT2D eigenvalue weighted by Gasteiger charge is 2.47. The number of nitrogens with two attached hydrogens (primary N) is 1. The molecule has 2 N–H and O–H groups in total. The van der Waals surface area contributed by atoms with Crippen LogP contribution >= 0.6 is 12.4 Å². The summed E-state index contributed by atoms with van der Waals surface area (Å²) >= 11 is 0. The van der Waals surface area contributed by atoms with E-state index in [1.165, 1.54) is 6.42 Å². The molecule has 1 aliphatic carbocycles. The van der Waals surface area contributed by atoms with E-state index in [0.717, 1.165) is 38.6 Å². The Morgan fingerprint density at radius 3 is 2.47 bits per heavy atom. The summed E-state index contributed by atoms with van der Waals surface area (Å²) in [6.45, 7) is 1.83. The molecular formula is C12H24ClN3O2S. The first-order chi connectivity index (χ1) is 8.63. The van der Waals surface area contributed by atoms with Crippen LogP contribution in [0.4, 0.5) is 0 Å². The van der Waals surface area contributed by atoms with Crippen molar-refractivity contribution in [2.75, 3.05) is 19.6 Å².